The molecule has 0 atom stereocenters. The second-order valence-electron chi connectivity index (χ2n) is 7.99. The quantitative estimate of drug-likeness (QED) is 0.511. The minimum Gasteiger partial charge on any atom is -0.303 e. The normalized spacial score (nSPS) is 15.3. The van der Waals surface area contributed by atoms with Crippen molar-refractivity contribution in [1.29, 1.82) is 0 Å². The van der Waals surface area contributed by atoms with Crippen molar-refractivity contribution in [2.45, 2.75) is 77.6 Å². The highest BCUT2D eigenvalue weighted by molar-refractivity contribution is 5.34. The van der Waals surface area contributed by atoms with E-state index in [4.69, 9.17) is 0 Å². The van der Waals surface area contributed by atoms with Gasteiger partial charge in [0.05, 0.1) is 17.6 Å². The molecule has 0 amide bonds. The van der Waals surface area contributed by atoms with Crippen LogP contribution in [0, 0.1) is 0 Å². The van der Waals surface area contributed by atoms with E-state index in [0.717, 1.165) is 24.2 Å². The summed E-state index contributed by atoms with van der Waals surface area (Å²) in [6.07, 6.45) is 16.3. The van der Waals surface area contributed by atoms with Crippen molar-refractivity contribution in [3.63, 3.8) is 0 Å². The minimum atomic E-state index is 1.04. The van der Waals surface area contributed by atoms with Gasteiger partial charge in [-0.3, -0.25) is 0 Å². The Morgan fingerprint density at radius 2 is 1.59 bits per heavy atom. The summed E-state index contributed by atoms with van der Waals surface area (Å²) in [5.74, 6) is 0. The number of rotatable bonds is 11. The summed E-state index contributed by atoms with van der Waals surface area (Å²) in [4.78, 5) is 2.60. The van der Waals surface area contributed by atoms with Crippen molar-refractivity contribution >= 4 is 0 Å². The van der Waals surface area contributed by atoms with Crippen molar-refractivity contribution in [3.05, 3.63) is 41.7 Å². The lowest BCUT2D eigenvalue weighted by molar-refractivity contribution is 0.231. The Kier molecular flexibility index (Phi) is 8.34. The molecule has 4 nitrogen and oxygen atoms in total. The van der Waals surface area contributed by atoms with Crippen molar-refractivity contribution in [3.8, 4) is 5.69 Å². The van der Waals surface area contributed by atoms with Crippen LogP contribution in [0.3, 0.4) is 0 Å². The zero-order valence-corrected chi connectivity index (χ0v) is 17.1. The van der Waals surface area contributed by atoms with Gasteiger partial charge in [0.15, 0.2) is 0 Å². The van der Waals surface area contributed by atoms with Gasteiger partial charge in [0.25, 0.3) is 0 Å². The summed E-state index contributed by atoms with van der Waals surface area (Å²) in [5.41, 5.74) is 3.63. The molecule has 1 aliphatic rings. The molecule has 0 aliphatic carbocycles. The van der Waals surface area contributed by atoms with E-state index in [2.05, 4.69) is 52.6 Å². The van der Waals surface area contributed by atoms with Crippen molar-refractivity contribution in [1.82, 2.24) is 19.9 Å². The molecular formula is C23H36N4. The first-order valence-electron chi connectivity index (χ1n) is 11.1. The van der Waals surface area contributed by atoms with Crippen LogP contribution in [0.15, 0.2) is 30.5 Å². The lowest BCUT2D eigenvalue weighted by Crippen LogP contribution is -2.31. The van der Waals surface area contributed by atoms with Crippen LogP contribution in [0.4, 0.5) is 0 Å². The van der Waals surface area contributed by atoms with Crippen LogP contribution in [0.25, 0.3) is 5.69 Å². The molecule has 0 spiro atoms. The van der Waals surface area contributed by atoms with E-state index in [1.165, 1.54) is 83.0 Å². The van der Waals surface area contributed by atoms with Crippen LogP contribution in [0.1, 0.15) is 76.0 Å². The third-order valence-electron chi connectivity index (χ3n) is 5.69. The van der Waals surface area contributed by atoms with Gasteiger partial charge in [-0.25, -0.2) is 4.68 Å². The highest BCUT2D eigenvalue weighted by atomic mass is 15.4. The molecule has 2 heterocycles. The molecule has 148 valence electrons. The van der Waals surface area contributed by atoms with Gasteiger partial charge in [0, 0.05) is 6.54 Å². The fourth-order valence-electron chi connectivity index (χ4n) is 3.91. The minimum absolute atomic E-state index is 1.04. The second-order valence-corrected chi connectivity index (χ2v) is 7.99. The molecule has 1 fully saturated rings. The smallest absolute Gasteiger partial charge is 0.0831 e. The number of unbranched alkanes of at least 4 members (excludes halogenated alkanes) is 5. The highest BCUT2D eigenvalue weighted by Gasteiger charge is 2.09. The van der Waals surface area contributed by atoms with Gasteiger partial charge in [-0.2, -0.15) is 0 Å². The highest BCUT2D eigenvalue weighted by Crippen LogP contribution is 2.14. The van der Waals surface area contributed by atoms with E-state index in [-0.39, 0.29) is 0 Å². The molecule has 1 saturated heterocycles. The van der Waals surface area contributed by atoms with Crippen molar-refractivity contribution in [2.75, 3.05) is 19.6 Å². The fraction of sp³-hybridized carbons (Fsp3) is 0.652. The van der Waals surface area contributed by atoms with Crippen LogP contribution in [0.5, 0.6) is 0 Å². The maximum atomic E-state index is 4.35. The number of benzene rings is 1. The number of hydrogen-bond acceptors (Lipinski definition) is 3. The Morgan fingerprint density at radius 3 is 2.37 bits per heavy atom. The fourth-order valence-corrected chi connectivity index (χ4v) is 3.91. The summed E-state index contributed by atoms with van der Waals surface area (Å²) in [7, 11) is 0. The molecule has 2 aromatic rings. The standard InChI is InChI=1S/C23H36N4/c1-2-3-4-5-6-8-11-22-20-27(25-24-22)23-14-12-21(13-15-23)16-19-26-17-9-7-10-18-26/h12-15,20H,2-11,16-19H2,1H3. The van der Waals surface area contributed by atoms with Gasteiger partial charge in [-0.15, -0.1) is 5.10 Å². The van der Waals surface area contributed by atoms with E-state index >= 15 is 0 Å². The van der Waals surface area contributed by atoms with E-state index in [0.29, 0.717) is 0 Å². The Hall–Kier alpha value is -1.68. The molecule has 1 aromatic carbocycles. The Labute approximate surface area is 165 Å². The van der Waals surface area contributed by atoms with E-state index in [1.54, 1.807) is 0 Å². The molecule has 4 heteroatoms. The molecule has 1 aromatic heterocycles. The summed E-state index contributed by atoms with van der Waals surface area (Å²) >= 11 is 0. The van der Waals surface area contributed by atoms with Crippen LogP contribution < -0.4 is 0 Å². The molecule has 0 unspecified atom stereocenters. The predicted octanol–water partition coefficient (Wildman–Crippen LogP) is 5.20. The van der Waals surface area contributed by atoms with Crippen LogP contribution in [-0.2, 0) is 12.8 Å². The van der Waals surface area contributed by atoms with Gasteiger partial charge in [0.2, 0.25) is 0 Å². The van der Waals surface area contributed by atoms with Gasteiger partial charge in [0.1, 0.15) is 0 Å². The van der Waals surface area contributed by atoms with Gasteiger partial charge < -0.3 is 4.90 Å². The Bertz CT molecular complexity index is 641. The third kappa shape index (κ3) is 6.76. The van der Waals surface area contributed by atoms with E-state index in [1.807, 2.05) is 4.68 Å². The topological polar surface area (TPSA) is 34.0 Å². The summed E-state index contributed by atoms with van der Waals surface area (Å²) in [6.45, 7) is 6.00. The average Bonchev–Trinajstić information content (AvgIpc) is 3.19. The largest absolute Gasteiger partial charge is 0.303 e. The number of likely N-dealkylation sites (tertiary alicyclic amines) is 1. The summed E-state index contributed by atoms with van der Waals surface area (Å²) in [6, 6.07) is 8.84. The first-order valence-corrected chi connectivity index (χ1v) is 11.1. The van der Waals surface area contributed by atoms with Crippen molar-refractivity contribution in [2.24, 2.45) is 0 Å². The van der Waals surface area contributed by atoms with E-state index in [9.17, 15) is 0 Å². The lowest BCUT2D eigenvalue weighted by Gasteiger charge is -2.26. The number of hydrogen-bond donors (Lipinski definition) is 0. The number of aromatic nitrogens is 3. The molecule has 3 rings (SSSR count). The van der Waals surface area contributed by atoms with Crippen LogP contribution >= 0.6 is 0 Å². The zero-order chi connectivity index (χ0) is 18.7. The van der Waals surface area contributed by atoms with Crippen molar-refractivity contribution < 1.29 is 0 Å². The average molecular weight is 369 g/mol. The van der Waals surface area contributed by atoms with Gasteiger partial charge in [-0.05, 0) is 62.9 Å². The zero-order valence-electron chi connectivity index (χ0n) is 17.1. The maximum absolute atomic E-state index is 4.35. The molecule has 0 saturated carbocycles. The van der Waals surface area contributed by atoms with Crippen LogP contribution in [0.2, 0.25) is 0 Å². The molecular weight excluding hydrogens is 332 g/mol. The monoisotopic (exact) mass is 368 g/mol. The maximum Gasteiger partial charge on any atom is 0.0831 e. The lowest BCUT2D eigenvalue weighted by atomic mass is 10.1. The number of piperidine rings is 1. The van der Waals surface area contributed by atoms with E-state index < -0.39 is 0 Å². The van der Waals surface area contributed by atoms with Gasteiger partial charge in [-0.1, -0.05) is 62.8 Å². The number of nitrogens with zero attached hydrogens (tertiary/aromatic N) is 4. The third-order valence-corrected chi connectivity index (χ3v) is 5.69. The molecule has 0 N–H and O–H groups in total. The summed E-state index contributed by atoms with van der Waals surface area (Å²) < 4.78 is 1.92. The predicted molar refractivity (Wildman–Crippen MR) is 112 cm³/mol. The first kappa shape index (κ1) is 20.1. The summed E-state index contributed by atoms with van der Waals surface area (Å²) in [5, 5.41) is 8.68. The Morgan fingerprint density at radius 1 is 0.852 bits per heavy atom. The Balaban J connectivity index is 1.42. The SMILES string of the molecule is CCCCCCCCc1cn(-c2ccc(CCN3CCCCC3)cc2)nn1. The number of aryl methyl sites for hydroxylation is 1. The van der Waals surface area contributed by atoms with Crippen LogP contribution in [-0.4, -0.2) is 39.5 Å². The molecule has 1 aliphatic heterocycles. The first-order chi connectivity index (χ1) is 13.3. The molecule has 0 bridgehead atoms. The van der Waals surface area contributed by atoms with Gasteiger partial charge >= 0.3 is 0 Å². The molecule has 0 radical (unpaired) electrons. The molecule has 27 heavy (non-hydrogen) atoms. The second kappa shape index (κ2) is 11.2.